The zero-order chi connectivity index (χ0) is 12.6. The maximum atomic E-state index is 13.7. The maximum absolute atomic E-state index is 13.7. The van der Waals surface area contributed by atoms with Gasteiger partial charge in [0.05, 0.1) is 6.61 Å². The lowest BCUT2D eigenvalue weighted by molar-refractivity contribution is 0.254. The molecule has 1 unspecified atom stereocenters. The van der Waals surface area contributed by atoms with E-state index in [1.165, 1.54) is 6.92 Å². The van der Waals surface area contributed by atoms with Crippen molar-refractivity contribution in [1.29, 1.82) is 0 Å². The second-order valence-electron chi connectivity index (χ2n) is 2.53. The summed E-state index contributed by atoms with van der Waals surface area (Å²) in [6, 6.07) is 0. The van der Waals surface area contributed by atoms with Gasteiger partial charge in [-0.15, -0.1) is 30.3 Å². The van der Waals surface area contributed by atoms with Gasteiger partial charge in [0.25, 0.3) is 0 Å². The van der Waals surface area contributed by atoms with Crippen molar-refractivity contribution in [3.8, 4) is 0 Å². The highest BCUT2D eigenvalue weighted by molar-refractivity contribution is 7.81. The average molecular weight is 301 g/mol. The molecule has 1 aliphatic rings. The molecular weight excluding hydrogens is 294 g/mol. The van der Waals surface area contributed by atoms with Crippen LogP contribution in [0, 0.1) is 0 Å². The molecule has 1 heterocycles. The molecule has 4 nitrogen and oxygen atoms in total. The fourth-order valence-corrected chi connectivity index (χ4v) is 6.62. The van der Waals surface area contributed by atoms with E-state index >= 15 is 0 Å². The van der Waals surface area contributed by atoms with Crippen molar-refractivity contribution in [3.63, 3.8) is 0 Å². The Balaban J connectivity index is 3.37. The summed E-state index contributed by atoms with van der Waals surface area (Å²) in [6.45, 7) is 4.29. The van der Waals surface area contributed by atoms with Gasteiger partial charge in [-0.1, -0.05) is 6.58 Å². The van der Waals surface area contributed by atoms with Gasteiger partial charge in [0.15, 0.2) is 5.50 Å². The number of hydrogen-bond donors (Lipinski definition) is 0. The summed E-state index contributed by atoms with van der Waals surface area (Å²) in [5, 5.41) is 0. The van der Waals surface area contributed by atoms with Gasteiger partial charge < -0.3 is 4.74 Å². The van der Waals surface area contributed by atoms with Crippen LogP contribution in [0.25, 0.3) is 0 Å². The second-order valence-corrected chi connectivity index (χ2v) is 8.05. The van der Waals surface area contributed by atoms with E-state index in [1.807, 2.05) is 4.52 Å². The first-order valence-corrected chi connectivity index (χ1v) is 8.36. The van der Waals surface area contributed by atoms with Crippen molar-refractivity contribution in [2.24, 2.45) is 13.5 Å². The summed E-state index contributed by atoms with van der Waals surface area (Å²) >= 11 is 0. The molecule has 0 radical (unpaired) electrons. The Bertz CT molecular complexity index is 468. The first-order chi connectivity index (χ1) is 7.10. The third-order valence-corrected chi connectivity index (χ3v) is 7.40. The minimum absolute atomic E-state index is 0.0965. The number of rotatable bonds is 3. The zero-order valence-electron chi connectivity index (χ0n) is 7.90. The Kier molecular flexibility index (Phi) is 3.73. The summed E-state index contributed by atoms with van der Waals surface area (Å²) < 4.78 is 75.9. The number of ether oxygens (including phenoxy) is 1. The van der Waals surface area contributed by atoms with Crippen LogP contribution in [0.3, 0.4) is 0 Å². The first-order valence-electron chi connectivity index (χ1n) is 3.82. The summed E-state index contributed by atoms with van der Waals surface area (Å²) in [6.07, 6.45) is 0. The van der Waals surface area contributed by atoms with Gasteiger partial charge in [0.2, 0.25) is 0 Å². The molecule has 0 fully saturated rings. The number of halogens is 5. The summed E-state index contributed by atoms with van der Waals surface area (Å²) in [5.41, 5.74) is -0.871. The molecule has 0 N–H and O–H groups in total. The summed E-state index contributed by atoms with van der Waals surface area (Å²) in [7, 11) is -16.2. The largest absolute Gasteiger partial charge is 0.488 e. The lowest BCUT2D eigenvalue weighted by Crippen LogP contribution is -1.88. The molecule has 0 aromatic rings. The SMILES string of the molecule is C=C(OCC)P1(F)=NP(F)(F)=NP(F)(F)=N1. The smallest absolute Gasteiger partial charge is 0.423 e. The Morgan fingerprint density at radius 3 is 2.00 bits per heavy atom. The van der Waals surface area contributed by atoms with Crippen LogP contribution in [0.2, 0.25) is 0 Å². The molecule has 0 amide bonds. The number of nitrogens with zero attached hydrogens (tertiary/aromatic N) is 3. The molecule has 1 aliphatic heterocycles. The maximum Gasteiger partial charge on any atom is 0.423 e. The fourth-order valence-electron chi connectivity index (χ4n) is 0.817. The molecule has 0 bridgehead atoms. The Labute approximate surface area is 88.8 Å². The minimum atomic E-state index is -5.67. The van der Waals surface area contributed by atoms with Gasteiger partial charge in [-0.05, 0) is 6.92 Å². The third kappa shape index (κ3) is 3.19. The van der Waals surface area contributed by atoms with Crippen molar-refractivity contribution < 1.29 is 25.7 Å². The van der Waals surface area contributed by atoms with Crippen molar-refractivity contribution in [1.82, 2.24) is 0 Å². The first kappa shape index (κ1) is 13.9. The molecule has 0 aliphatic carbocycles. The molecule has 12 heteroatoms. The molecule has 0 saturated heterocycles. The van der Waals surface area contributed by atoms with Crippen molar-refractivity contribution >= 4 is 23.2 Å². The Morgan fingerprint density at radius 1 is 1.06 bits per heavy atom. The van der Waals surface area contributed by atoms with Gasteiger partial charge in [-0.25, -0.2) is 0 Å². The fraction of sp³-hybridized carbons (Fsp3) is 0.500. The van der Waals surface area contributed by atoms with Crippen LogP contribution in [0.1, 0.15) is 6.92 Å². The third-order valence-electron chi connectivity index (χ3n) is 1.30. The van der Waals surface area contributed by atoms with E-state index < -0.39 is 28.7 Å². The lowest BCUT2D eigenvalue weighted by atomic mass is 10.9. The van der Waals surface area contributed by atoms with Crippen LogP contribution < -0.4 is 0 Å². The van der Waals surface area contributed by atoms with E-state index in [0.29, 0.717) is 0 Å². The molecule has 0 spiro atoms. The molecule has 94 valence electrons. The van der Waals surface area contributed by atoms with E-state index in [2.05, 4.69) is 20.3 Å². The highest BCUT2D eigenvalue weighted by Crippen LogP contribution is 2.83. The van der Waals surface area contributed by atoms with Crippen molar-refractivity contribution in [3.05, 3.63) is 12.1 Å². The van der Waals surface area contributed by atoms with Crippen LogP contribution in [-0.4, -0.2) is 6.61 Å². The monoisotopic (exact) mass is 301 g/mol. The quantitative estimate of drug-likeness (QED) is 0.344. The molecule has 0 aromatic carbocycles. The van der Waals surface area contributed by atoms with Gasteiger partial charge >= 0.3 is 23.2 Å². The van der Waals surface area contributed by atoms with Gasteiger partial charge in [-0.3, -0.25) is 0 Å². The van der Waals surface area contributed by atoms with E-state index in [4.69, 9.17) is 0 Å². The standard InChI is InChI=1S/C4H7F5N3OP3/c1-3-13-4(2)14(5)10-15(6,7)12-16(8,9)11-14/h2-3H2,1H3. The van der Waals surface area contributed by atoms with Crippen LogP contribution >= 0.6 is 23.2 Å². The molecule has 16 heavy (non-hydrogen) atoms. The van der Waals surface area contributed by atoms with Crippen LogP contribution in [0.4, 0.5) is 21.0 Å². The summed E-state index contributed by atoms with van der Waals surface area (Å²) in [5.74, 6) is 0. The topological polar surface area (TPSA) is 46.3 Å². The van der Waals surface area contributed by atoms with E-state index in [1.54, 1.807) is 0 Å². The normalized spacial score (nSPS) is 30.6. The Morgan fingerprint density at radius 2 is 1.56 bits per heavy atom. The Hall–Kier alpha value is -0.120. The molecule has 1 atom stereocenters. The highest BCUT2D eigenvalue weighted by atomic mass is 31.3. The zero-order valence-corrected chi connectivity index (χ0v) is 10.6. The van der Waals surface area contributed by atoms with Crippen molar-refractivity contribution in [2.75, 3.05) is 6.61 Å². The molecule has 0 saturated carbocycles. The van der Waals surface area contributed by atoms with Gasteiger partial charge in [-0.2, -0.15) is 4.20 Å². The van der Waals surface area contributed by atoms with Gasteiger partial charge in [0.1, 0.15) is 0 Å². The molecular formula is C4H7F5N3OP3. The highest BCUT2D eigenvalue weighted by Gasteiger charge is 2.41. The predicted molar refractivity (Wildman–Crippen MR) is 54.4 cm³/mol. The molecule has 1 rings (SSSR count). The summed E-state index contributed by atoms with van der Waals surface area (Å²) in [4.78, 5) is 0. The van der Waals surface area contributed by atoms with Gasteiger partial charge in [0, 0.05) is 0 Å². The van der Waals surface area contributed by atoms with Crippen LogP contribution in [-0.2, 0) is 4.74 Å². The van der Waals surface area contributed by atoms with E-state index in [9.17, 15) is 21.0 Å². The number of hydrogen-bond acceptors (Lipinski definition) is 4. The minimum Gasteiger partial charge on any atom is -0.488 e. The van der Waals surface area contributed by atoms with E-state index in [-0.39, 0.29) is 6.61 Å². The van der Waals surface area contributed by atoms with Crippen molar-refractivity contribution in [2.45, 2.75) is 6.92 Å². The molecule has 0 aromatic heterocycles. The van der Waals surface area contributed by atoms with Crippen LogP contribution in [0.15, 0.2) is 25.6 Å². The van der Waals surface area contributed by atoms with E-state index in [0.717, 1.165) is 0 Å². The lowest BCUT2D eigenvalue weighted by Gasteiger charge is -2.18. The predicted octanol–water partition coefficient (Wildman–Crippen LogP) is 6.28. The average Bonchev–Trinajstić information content (AvgIpc) is 1.97. The van der Waals surface area contributed by atoms with Crippen LogP contribution in [0.5, 0.6) is 0 Å². The second kappa shape index (κ2) is 4.28.